The third kappa shape index (κ3) is 4.31. The van der Waals surface area contributed by atoms with E-state index in [1.54, 1.807) is 0 Å². The Hall–Kier alpha value is -1.76. The van der Waals surface area contributed by atoms with E-state index in [1.165, 1.54) is 5.57 Å². The van der Waals surface area contributed by atoms with Gasteiger partial charge in [-0.25, -0.2) is 0 Å². The van der Waals surface area contributed by atoms with Crippen LogP contribution in [0.4, 0.5) is 0 Å². The van der Waals surface area contributed by atoms with Crippen LogP contribution >= 0.6 is 0 Å². The summed E-state index contributed by atoms with van der Waals surface area (Å²) in [7, 11) is 0. The zero-order valence-electron chi connectivity index (χ0n) is 10.9. The van der Waals surface area contributed by atoms with Crippen molar-refractivity contribution < 1.29 is 4.74 Å². The SMILES string of the molecule is C=C(/C=C\C=C(C)C)c1ccccc1OCC. The predicted octanol–water partition coefficient (Wildman–Crippen LogP) is 4.62. The van der Waals surface area contributed by atoms with Crippen molar-refractivity contribution in [2.45, 2.75) is 20.8 Å². The molecule has 0 amide bonds. The molecule has 1 aromatic carbocycles. The molecule has 0 radical (unpaired) electrons. The second-order valence-electron chi connectivity index (χ2n) is 4.06. The van der Waals surface area contributed by atoms with Crippen LogP contribution in [0.5, 0.6) is 5.75 Å². The number of benzene rings is 1. The van der Waals surface area contributed by atoms with E-state index in [4.69, 9.17) is 4.74 Å². The molecule has 0 atom stereocenters. The second-order valence-corrected chi connectivity index (χ2v) is 4.06. The summed E-state index contributed by atoms with van der Waals surface area (Å²) < 4.78 is 5.58. The van der Waals surface area contributed by atoms with Crippen LogP contribution in [0.25, 0.3) is 5.57 Å². The van der Waals surface area contributed by atoms with Gasteiger partial charge in [-0.3, -0.25) is 0 Å². The second kappa shape index (κ2) is 6.74. The summed E-state index contributed by atoms with van der Waals surface area (Å²) in [4.78, 5) is 0. The van der Waals surface area contributed by atoms with Crippen LogP contribution in [0.15, 0.2) is 54.6 Å². The molecule has 0 aliphatic heterocycles. The van der Waals surface area contributed by atoms with E-state index in [0.29, 0.717) is 6.61 Å². The molecule has 0 bridgehead atoms. The Kier molecular flexibility index (Phi) is 5.28. The van der Waals surface area contributed by atoms with E-state index >= 15 is 0 Å². The molecule has 0 saturated carbocycles. The van der Waals surface area contributed by atoms with Gasteiger partial charge in [0, 0.05) is 5.56 Å². The lowest BCUT2D eigenvalue weighted by atomic mass is 10.1. The normalized spacial score (nSPS) is 10.3. The summed E-state index contributed by atoms with van der Waals surface area (Å²) >= 11 is 0. The van der Waals surface area contributed by atoms with Gasteiger partial charge < -0.3 is 4.74 Å². The number of para-hydroxylation sites is 1. The minimum atomic E-state index is 0.669. The Morgan fingerprint density at radius 3 is 2.65 bits per heavy atom. The van der Waals surface area contributed by atoms with Crippen molar-refractivity contribution in [2.75, 3.05) is 6.61 Å². The largest absolute Gasteiger partial charge is 0.493 e. The van der Waals surface area contributed by atoms with Gasteiger partial charge in [0.15, 0.2) is 0 Å². The first-order chi connectivity index (χ1) is 8.15. The molecule has 0 aliphatic carbocycles. The minimum absolute atomic E-state index is 0.669. The summed E-state index contributed by atoms with van der Waals surface area (Å²) in [5.41, 5.74) is 3.28. The highest BCUT2D eigenvalue weighted by molar-refractivity contribution is 5.76. The summed E-state index contributed by atoms with van der Waals surface area (Å²) in [5.74, 6) is 0.891. The third-order valence-corrected chi connectivity index (χ3v) is 2.26. The number of hydrogen-bond acceptors (Lipinski definition) is 1. The lowest BCUT2D eigenvalue weighted by molar-refractivity contribution is 0.339. The van der Waals surface area contributed by atoms with Crippen LogP contribution in [0.2, 0.25) is 0 Å². The highest BCUT2D eigenvalue weighted by Crippen LogP contribution is 2.25. The zero-order chi connectivity index (χ0) is 12.7. The molecule has 0 fully saturated rings. The fourth-order valence-corrected chi connectivity index (χ4v) is 1.46. The number of allylic oxidation sites excluding steroid dienone is 5. The van der Waals surface area contributed by atoms with E-state index in [0.717, 1.165) is 16.9 Å². The molecule has 17 heavy (non-hydrogen) atoms. The first-order valence-electron chi connectivity index (χ1n) is 5.87. The number of ether oxygens (including phenoxy) is 1. The average Bonchev–Trinajstić information content (AvgIpc) is 2.29. The van der Waals surface area contributed by atoms with Crippen molar-refractivity contribution in [3.05, 3.63) is 60.2 Å². The van der Waals surface area contributed by atoms with Crippen molar-refractivity contribution >= 4 is 5.57 Å². The highest BCUT2D eigenvalue weighted by Gasteiger charge is 2.02. The summed E-state index contributed by atoms with van der Waals surface area (Å²) in [5, 5.41) is 0. The first kappa shape index (κ1) is 13.3. The molecular weight excluding hydrogens is 208 g/mol. The lowest BCUT2D eigenvalue weighted by Gasteiger charge is -2.09. The van der Waals surface area contributed by atoms with Gasteiger partial charge in [-0.2, -0.15) is 0 Å². The quantitative estimate of drug-likeness (QED) is 0.668. The van der Waals surface area contributed by atoms with Gasteiger partial charge in [0.1, 0.15) is 5.75 Å². The zero-order valence-corrected chi connectivity index (χ0v) is 10.9. The van der Waals surface area contributed by atoms with Gasteiger partial charge in [-0.1, -0.05) is 48.6 Å². The predicted molar refractivity (Wildman–Crippen MR) is 75.2 cm³/mol. The van der Waals surface area contributed by atoms with E-state index in [-0.39, 0.29) is 0 Å². The van der Waals surface area contributed by atoms with Crippen molar-refractivity contribution in [1.29, 1.82) is 0 Å². The van der Waals surface area contributed by atoms with E-state index < -0.39 is 0 Å². The van der Waals surface area contributed by atoms with Crippen molar-refractivity contribution in [1.82, 2.24) is 0 Å². The molecule has 0 aromatic heterocycles. The standard InChI is InChI=1S/C16H20O/c1-5-17-16-12-7-6-11-15(16)14(4)10-8-9-13(2)3/h6-12H,4-5H2,1-3H3/b10-8-. The van der Waals surface area contributed by atoms with Crippen LogP contribution < -0.4 is 4.74 Å². The average molecular weight is 228 g/mol. The summed E-state index contributed by atoms with van der Waals surface area (Å²) in [6.45, 7) is 10.9. The van der Waals surface area contributed by atoms with Gasteiger partial charge >= 0.3 is 0 Å². The van der Waals surface area contributed by atoms with Gasteiger partial charge in [0.05, 0.1) is 6.61 Å². The topological polar surface area (TPSA) is 9.23 Å². The third-order valence-electron chi connectivity index (χ3n) is 2.26. The molecule has 0 saturated heterocycles. The maximum absolute atomic E-state index is 5.58. The molecule has 1 nitrogen and oxygen atoms in total. The molecule has 0 spiro atoms. The Bertz CT molecular complexity index is 435. The molecule has 1 aromatic rings. The van der Waals surface area contributed by atoms with Gasteiger partial charge in [0.2, 0.25) is 0 Å². The van der Waals surface area contributed by atoms with Crippen LogP contribution in [-0.2, 0) is 0 Å². The Balaban J connectivity index is 2.88. The fourth-order valence-electron chi connectivity index (χ4n) is 1.46. The summed E-state index contributed by atoms with van der Waals surface area (Å²) in [6, 6.07) is 7.97. The Morgan fingerprint density at radius 1 is 1.29 bits per heavy atom. The van der Waals surface area contributed by atoms with Crippen molar-refractivity contribution in [3.63, 3.8) is 0 Å². The fraction of sp³-hybridized carbons (Fsp3) is 0.250. The molecule has 90 valence electrons. The molecule has 0 aliphatic rings. The first-order valence-corrected chi connectivity index (χ1v) is 5.87. The van der Waals surface area contributed by atoms with Gasteiger partial charge in [-0.15, -0.1) is 0 Å². The van der Waals surface area contributed by atoms with Gasteiger partial charge in [-0.05, 0) is 32.4 Å². The number of hydrogen-bond donors (Lipinski definition) is 0. The monoisotopic (exact) mass is 228 g/mol. The molecule has 1 heteroatoms. The Morgan fingerprint density at radius 2 is 2.00 bits per heavy atom. The highest BCUT2D eigenvalue weighted by atomic mass is 16.5. The minimum Gasteiger partial charge on any atom is -0.493 e. The molecular formula is C16H20O. The molecule has 0 heterocycles. The maximum Gasteiger partial charge on any atom is 0.127 e. The van der Waals surface area contributed by atoms with Crippen LogP contribution in [0, 0.1) is 0 Å². The molecule has 1 rings (SSSR count). The Labute approximate surface area is 104 Å². The summed E-state index contributed by atoms with van der Waals surface area (Å²) in [6.07, 6.45) is 6.08. The van der Waals surface area contributed by atoms with E-state index in [9.17, 15) is 0 Å². The molecule has 0 N–H and O–H groups in total. The van der Waals surface area contributed by atoms with Crippen molar-refractivity contribution in [3.8, 4) is 5.75 Å². The van der Waals surface area contributed by atoms with Crippen LogP contribution in [-0.4, -0.2) is 6.61 Å². The maximum atomic E-state index is 5.58. The smallest absolute Gasteiger partial charge is 0.127 e. The van der Waals surface area contributed by atoms with Crippen molar-refractivity contribution in [2.24, 2.45) is 0 Å². The number of rotatable bonds is 5. The van der Waals surface area contributed by atoms with Crippen LogP contribution in [0.3, 0.4) is 0 Å². The van der Waals surface area contributed by atoms with E-state index in [1.807, 2.05) is 43.3 Å². The molecule has 0 unspecified atom stereocenters. The lowest BCUT2D eigenvalue weighted by Crippen LogP contribution is -1.94. The van der Waals surface area contributed by atoms with Crippen LogP contribution in [0.1, 0.15) is 26.3 Å². The van der Waals surface area contributed by atoms with E-state index in [2.05, 4.69) is 26.5 Å². The van der Waals surface area contributed by atoms with Gasteiger partial charge in [0.25, 0.3) is 0 Å².